The maximum absolute atomic E-state index is 14.4. The van der Waals surface area contributed by atoms with Gasteiger partial charge < -0.3 is 9.47 Å². The molecule has 0 N–H and O–H groups in total. The maximum atomic E-state index is 14.4. The minimum atomic E-state index is -0.669. The Morgan fingerprint density at radius 2 is 1.61 bits per heavy atom. The zero-order valence-electron chi connectivity index (χ0n) is 18.8. The third-order valence-electron chi connectivity index (χ3n) is 5.03. The molecular formula is C26H34ClFO3. The molecule has 1 atom stereocenters. The van der Waals surface area contributed by atoms with Gasteiger partial charge in [-0.3, -0.25) is 4.79 Å². The lowest BCUT2D eigenvalue weighted by Crippen LogP contribution is -2.22. The average molecular weight is 449 g/mol. The van der Waals surface area contributed by atoms with Crippen molar-refractivity contribution in [2.24, 2.45) is 5.92 Å². The fraction of sp³-hybridized carbons (Fsp3) is 0.500. The normalized spacial score (nSPS) is 12.1. The van der Waals surface area contributed by atoms with Crippen molar-refractivity contribution in [3.8, 4) is 22.6 Å². The van der Waals surface area contributed by atoms with Crippen LogP contribution in [-0.4, -0.2) is 18.0 Å². The number of alkyl halides is 1. The van der Waals surface area contributed by atoms with Crippen molar-refractivity contribution in [1.29, 1.82) is 0 Å². The summed E-state index contributed by atoms with van der Waals surface area (Å²) in [6.07, 6.45) is 7.56. The van der Waals surface area contributed by atoms with Crippen LogP contribution in [0.3, 0.4) is 0 Å². The van der Waals surface area contributed by atoms with E-state index in [9.17, 15) is 9.18 Å². The molecule has 0 fully saturated rings. The van der Waals surface area contributed by atoms with Crippen LogP contribution in [0.15, 0.2) is 42.5 Å². The lowest BCUT2D eigenvalue weighted by Gasteiger charge is -2.12. The number of esters is 1. The summed E-state index contributed by atoms with van der Waals surface area (Å²) in [5, 5.41) is -0.669. The molecule has 0 radical (unpaired) electrons. The lowest BCUT2D eigenvalue weighted by molar-refractivity contribution is -0.134. The van der Waals surface area contributed by atoms with E-state index in [4.69, 9.17) is 21.1 Å². The Kier molecular flexibility index (Phi) is 10.9. The van der Waals surface area contributed by atoms with Crippen LogP contribution < -0.4 is 9.47 Å². The summed E-state index contributed by atoms with van der Waals surface area (Å²) >= 11 is 6.08. The van der Waals surface area contributed by atoms with Crippen LogP contribution in [0.2, 0.25) is 0 Å². The van der Waals surface area contributed by atoms with Crippen LogP contribution in [0.5, 0.6) is 11.5 Å². The van der Waals surface area contributed by atoms with Gasteiger partial charge >= 0.3 is 5.97 Å². The summed E-state index contributed by atoms with van der Waals surface area (Å²) in [6, 6.07) is 11.9. The highest BCUT2D eigenvalue weighted by Crippen LogP contribution is 2.28. The molecule has 0 aliphatic heterocycles. The summed E-state index contributed by atoms with van der Waals surface area (Å²) in [4.78, 5) is 12.0. The molecule has 31 heavy (non-hydrogen) atoms. The van der Waals surface area contributed by atoms with E-state index in [-0.39, 0.29) is 11.6 Å². The van der Waals surface area contributed by atoms with E-state index >= 15 is 0 Å². The Morgan fingerprint density at radius 3 is 2.26 bits per heavy atom. The SMILES string of the molecule is CCCCCCCCOc1ccc(-c2ccc(OC(=O)C(Cl)CC(C)C)cc2)cc1F. The van der Waals surface area contributed by atoms with Crippen molar-refractivity contribution < 1.29 is 18.7 Å². The Hall–Kier alpha value is -2.07. The Balaban J connectivity index is 1.87. The van der Waals surface area contributed by atoms with Crippen LogP contribution in [0, 0.1) is 11.7 Å². The second kappa shape index (κ2) is 13.4. The van der Waals surface area contributed by atoms with E-state index in [1.54, 1.807) is 30.3 Å². The van der Waals surface area contributed by atoms with Gasteiger partial charge in [0.2, 0.25) is 0 Å². The Labute approximate surface area is 190 Å². The molecular weight excluding hydrogens is 415 g/mol. The summed E-state index contributed by atoms with van der Waals surface area (Å²) in [5.41, 5.74) is 1.56. The predicted molar refractivity (Wildman–Crippen MR) is 125 cm³/mol. The lowest BCUT2D eigenvalue weighted by atomic mass is 10.1. The number of unbranched alkanes of at least 4 members (excludes halogenated alkanes) is 5. The van der Waals surface area contributed by atoms with E-state index < -0.39 is 11.3 Å². The van der Waals surface area contributed by atoms with Crippen molar-refractivity contribution in [1.82, 2.24) is 0 Å². The van der Waals surface area contributed by atoms with Crippen molar-refractivity contribution in [2.75, 3.05) is 6.61 Å². The van der Waals surface area contributed by atoms with Gasteiger partial charge in [-0.15, -0.1) is 11.6 Å². The first kappa shape index (κ1) is 25.2. The van der Waals surface area contributed by atoms with Crippen LogP contribution in [0.4, 0.5) is 4.39 Å². The van der Waals surface area contributed by atoms with Gasteiger partial charge in [0.05, 0.1) is 6.61 Å². The number of halogens is 2. The molecule has 0 aliphatic carbocycles. The molecule has 5 heteroatoms. The van der Waals surface area contributed by atoms with Crippen molar-refractivity contribution in [3.05, 3.63) is 48.3 Å². The van der Waals surface area contributed by atoms with Crippen molar-refractivity contribution in [3.63, 3.8) is 0 Å². The molecule has 0 aromatic heterocycles. The number of carbonyl (C=O) groups is 1. The first-order valence-corrected chi connectivity index (χ1v) is 11.7. The zero-order valence-corrected chi connectivity index (χ0v) is 19.6. The quantitative estimate of drug-likeness (QED) is 0.136. The van der Waals surface area contributed by atoms with Gasteiger partial charge in [-0.25, -0.2) is 4.39 Å². The fourth-order valence-corrected chi connectivity index (χ4v) is 3.67. The molecule has 0 saturated heterocycles. The maximum Gasteiger partial charge on any atom is 0.329 e. The number of hydrogen-bond donors (Lipinski definition) is 0. The van der Waals surface area contributed by atoms with E-state index in [1.165, 1.54) is 31.7 Å². The van der Waals surface area contributed by atoms with Gasteiger partial charge in [-0.05, 0) is 54.2 Å². The minimum Gasteiger partial charge on any atom is -0.491 e. The van der Waals surface area contributed by atoms with Crippen molar-refractivity contribution in [2.45, 2.75) is 71.1 Å². The van der Waals surface area contributed by atoms with Gasteiger partial charge in [0.25, 0.3) is 0 Å². The molecule has 0 spiro atoms. The third-order valence-corrected chi connectivity index (χ3v) is 5.38. The number of ether oxygens (including phenoxy) is 2. The summed E-state index contributed by atoms with van der Waals surface area (Å²) in [6.45, 7) is 6.73. The van der Waals surface area contributed by atoms with E-state index in [0.717, 1.165) is 24.0 Å². The Morgan fingerprint density at radius 1 is 0.968 bits per heavy atom. The predicted octanol–water partition coefficient (Wildman–Crippen LogP) is 7.79. The monoisotopic (exact) mass is 448 g/mol. The molecule has 0 amide bonds. The second-order valence-electron chi connectivity index (χ2n) is 8.30. The van der Waals surface area contributed by atoms with Crippen LogP contribution in [0.25, 0.3) is 11.1 Å². The third kappa shape index (κ3) is 8.90. The standard InChI is InChI=1S/C26H34ClFO3/c1-4-5-6-7-8-9-16-30-25-15-12-21(18-24(25)28)20-10-13-22(14-11-20)31-26(29)23(27)17-19(2)3/h10-15,18-19,23H,4-9,16-17H2,1-3H3. The highest BCUT2D eigenvalue weighted by atomic mass is 35.5. The fourth-order valence-electron chi connectivity index (χ4n) is 3.27. The van der Waals surface area contributed by atoms with E-state index in [0.29, 0.717) is 24.7 Å². The number of rotatable bonds is 13. The Bertz CT molecular complexity index is 805. The summed E-state index contributed by atoms with van der Waals surface area (Å²) in [7, 11) is 0. The van der Waals surface area contributed by atoms with Gasteiger partial charge in [-0.1, -0.05) is 71.1 Å². The minimum absolute atomic E-state index is 0.279. The highest BCUT2D eigenvalue weighted by molar-refractivity contribution is 6.30. The van der Waals surface area contributed by atoms with E-state index in [1.807, 2.05) is 19.9 Å². The molecule has 0 heterocycles. The van der Waals surface area contributed by atoms with Crippen LogP contribution >= 0.6 is 11.6 Å². The molecule has 2 rings (SSSR count). The largest absolute Gasteiger partial charge is 0.491 e. The summed E-state index contributed by atoms with van der Waals surface area (Å²) in [5.74, 6) is 0.174. The first-order chi connectivity index (χ1) is 14.9. The molecule has 2 aromatic carbocycles. The topological polar surface area (TPSA) is 35.5 Å². The van der Waals surface area contributed by atoms with Gasteiger partial charge in [0.15, 0.2) is 11.6 Å². The van der Waals surface area contributed by atoms with Crippen LogP contribution in [-0.2, 0) is 4.79 Å². The molecule has 170 valence electrons. The van der Waals surface area contributed by atoms with Gasteiger partial charge in [-0.2, -0.15) is 0 Å². The van der Waals surface area contributed by atoms with Gasteiger partial charge in [0.1, 0.15) is 11.1 Å². The highest BCUT2D eigenvalue weighted by Gasteiger charge is 2.19. The molecule has 3 nitrogen and oxygen atoms in total. The smallest absolute Gasteiger partial charge is 0.329 e. The van der Waals surface area contributed by atoms with Crippen LogP contribution in [0.1, 0.15) is 65.7 Å². The molecule has 0 aliphatic rings. The molecule has 0 saturated carbocycles. The van der Waals surface area contributed by atoms with Gasteiger partial charge in [0, 0.05) is 0 Å². The molecule has 2 aromatic rings. The number of hydrogen-bond acceptors (Lipinski definition) is 3. The van der Waals surface area contributed by atoms with Crippen molar-refractivity contribution >= 4 is 17.6 Å². The average Bonchev–Trinajstić information content (AvgIpc) is 2.74. The number of carbonyl (C=O) groups excluding carboxylic acids is 1. The first-order valence-electron chi connectivity index (χ1n) is 11.3. The second-order valence-corrected chi connectivity index (χ2v) is 8.83. The molecule has 1 unspecified atom stereocenters. The summed E-state index contributed by atoms with van der Waals surface area (Å²) < 4.78 is 25.4. The zero-order chi connectivity index (χ0) is 22.6. The van der Waals surface area contributed by atoms with E-state index in [2.05, 4.69) is 6.92 Å². The molecule has 0 bridgehead atoms. The number of benzene rings is 2.